The van der Waals surface area contributed by atoms with Gasteiger partial charge in [0.15, 0.2) is 0 Å². The number of para-hydroxylation sites is 1. The average molecular weight is 215 g/mol. The number of aryl methyl sites for hydroxylation is 1. The summed E-state index contributed by atoms with van der Waals surface area (Å²) in [6.45, 7) is 2.08. The minimum absolute atomic E-state index is 0.957. The van der Waals surface area contributed by atoms with Gasteiger partial charge in [-0.1, -0.05) is 29.8 Å². The summed E-state index contributed by atoms with van der Waals surface area (Å²) < 4.78 is 0. The number of hydrogen-bond donors (Lipinski definition) is 2. The van der Waals surface area contributed by atoms with Crippen LogP contribution in [0.4, 0.5) is 11.4 Å². The predicted octanol–water partition coefficient (Wildman–Crippen LogP) is 4.03. The van der Waals surface area contributed by atoms with Crippen molar-refractivity contribution in [2.24, 2.45) is 0 Å². The number of benzene rings is 2. The Morgan fingerprint density at radius 3 is 2.27 bits per heavy atom. The van der Waals surface area contributed by atoms with E-state index in [1.807, 2.05) is 24.3 Å². The summed E-state index contributed by atoms with van der Waals surface area (Å²) in [4.78, 5) is 0.957. The summed E-state index contributed by atoms with van der Waals surface area (Å²) >= 11 is 4.39. The van der Waals surface area contributed by atoms with E-state index in [4.69, 9.17) is 0 Å². The van der Waals surface area contributed by atoms with Crippen LogP contribution >= 0.6 is 12.6 Å². The second kappa shape index (κ2) is 4.41. The van der Waals surface area contributed by atoms with Gasteiger partial charge >= 0.3 is 0 Å². The van der Waals surface area contributed by atoms with Gasteiger partial charge in [0, 0.05) is 10.6 Å². The Hall–Kier alpha value is -1.41. The van der Waals surface area contributed by atoms with E-state index >= 15 is 0 Å². The third-order valence-corrected chi connectivity index (χ3v) is 2.62. The molecule has 0 saturated heterocycles. The summed E-state index contributed by atoms with van der Waals surface area (Å²) in [5.74, 6) is 0. The van der Waals surface area contributed by atoms with Gasteiger partial charge in [0.1, 0.15) is 0 Å². The van der Waals surface area contributed by atoms with Crippen LogP contribution < -0.4 is 5.32 Å². The van der Waals surface area contributed by atoms with Crippen molar-refractivity contribution in [3.63, 3.8) is 0 Å². The maximum absolute atomic E-state index is 4.39. The molecule has 0 atom stereocenters. The lowest BCUT2D eigenvalue weighted by Crippen LogP contribution is -1.90. The summed E-state index contributed by atoms with van der Waals surface area (Å²) in [6.07, 6.45) is 0. The normalized spacial score (nSPS) is 10.0. The smallest absolute Gasteiger partial charge is 0.0519 e. The predicted molar refractivity (Wildman–Crippen MR) is 68.2 cm³/mol. The molecule has 0 bridgehead atoms. The van der Waals surface area contributed by atoms with Crippen molar-refractivity contribution in [2.45, 2.75) is 11.8 Å². The van der Waals surface area contributed by atoms with Gasteiger partial charge in [0.25, 0.3) is 0 Å². The minimum atomic E-state index is 0.957. The van der Waals surface area contributed by atoms with Gasteiger partial charge in [-0.15, -0.1) is 12.6 Å². The van der Waals surface area contributed by atoms with E-state index in [0.29, 0.717) is 0 Å². The zero-order chi connectivity index (χ0) is 10.7. The van der Waals surface area contributed by atoms with Crippen molar-refractivity contribution >= 4 is 24.0 Å². The first-order chi connectivity index (χ1) is 7.25. The lowest BCUT2D eigenvalue weighted by molar-refractivity contribution is 1.40. The fourth-order valence-electron chi connectivity index (χ4n) is 1.37. The second-order valence-corrected chi connectivity index (χ2v) is 3.99. The third-order valence-electron chi connectivity index (χ3n) is 2.23. The number of anilines is 2. The summed E-state index contributed by atoms with van der Waals surface area (Å²) in [5.41, 5.74) is 3.38. The Kier molecular flexibility index (Phi) is 2.97. The van der Waals surface area contributed by atoms with Crippen LogP contribution in [0.25, 0.3) is 0 Å². The van der Waals surface area contributed by atoms with Crippen molar-refractivity contribution in [3.8, 4) is 0 Å². The van der Waals surface area contributed by atoms with E-state index in [9.17, 15) is 0 Å². The maximum atomic E-state index is 4.39. The Bertz CT molecular complexity index is 448. The van der Waals surface area contributed by atoms with E-state index in [1.54, 1.807) is 0 Å². The highest BCUT2D eigenvalue weighted by atomic mass is 32.1. The SMILES string of the molecule is Cc1ccc(Nc2ccccc2S)cc1. The lowest BCUT2D eigenvalue weighted by Gasteiger charge is -2.08. The Labute approximate surface area is 95.6 Å². The molecule has 1 nitrogen and oxygen atoms in total. The second-order valence-electron chi connectivity index (χ2n) is 3.51. The molecule has 0 aromatic heterocycles. The molecule has 0 aliphatic carbocycles. The summed E-state index contributed by atoms with van der Waals surface area (Å²) in [5, 5.41) is 3.32. The topological polar surface area (TPSA) is 12.0 Å². The molecule has 0 saturated carbocycles. The Balaban J connectivity index is 2.22. The molecule has 0 heterocycles. The molecule has 0 unspecified atom stereocenters. The summed E-state index contributed by atoms with van der Waals surface area (Å²) in [6, 6.07) is 16.3. The van der Waals surface area contributed by atoms with Gasteiger partial charge < -0.3 is 5.32 Å². The number of thiol groups is 1. The molecule has 0 amide bonds. The van der Waals surface area contributed by atoms with Gasteiger partial charge in [-0.25, -0.2) is 0 Å². The van der Waals surface area contributed by atoms with E-state index in [1.165, 1.54) is 5.56 Å². The van der Waals surface area contributed by atoms with Crippen molar-refractivity contribution < 1.29 is 0 Å². The summed E-state index contributed by atoms with van der Waals surface area (Å²) in [7, 11) is 0. The molecule has 0 fully saturated rings. The van der Waals surface area contributed by atoms with E-state index in [0.717, 1.165) is 16.3 Å². The largest absolute Gasteiger partial charge is 0.355 e. The highest BCUT2D eigenvalue weighted by Crippen LogP contribution is 2.23. The number of nitrogens with one attached hydrogen (secondary N) is 1. The number of rotatable bonds is 2. The first-order valence-electron chi connectivity index (χ1n) is 4.87. The molecule has 0 aliphatic heterocycles. The van der Waals surface area contributed by atoms with Crippen molar-refractivity contribution in [3.05, 3.63) is 54.1 Å². The zero-order valence-electron chi connectivity index (χ0n) is 8.57. The maximum Gasteiger partial charge on any atom is 0.0519 e. The van der Waals surface area contributed by atoms with E-state index in [-0.39, 0.29) is 0 Å². The molecule has 1 N–H and O–H groups in total. The quantitative estimate of drug-likeness (QED) is 0.721. The Morgan fingerprint density at radius 1 is 0.933 bits per heavy atom. The fourth-order valence-corrected chi connectivity index (χ4v) is 1.59. The molecule has 0 spiro atoms. The first-order valence-corrected chi connectivity index (χ1v) is 5.32. The van der Waals surface area contributed by atoms with Gasteiger partial charge in [-0.3, -0.25) is 0 Å². The molecular formula is C13H13NS. The van der Waals surface area contributed by atoms with Gasteiger partial charge in [-0.2, -0.15) is 0 Å². The molecule has 0 aliphatic rings. The van der Waals surface area contributed by atoms with Crippen LogP contribution in [0.5, 0.6) is 0 Å². The number of hydrogen-bond acceptors (Lipinski definition) is 2. The highest BCUT2D eigenvalue weighted by molar-refractivity contribution is 7.80. The van der Waals surface area contributed by atoms with Crippen molar-refractivity contribution in [2.75, 3.05) is 5.32 Å². The van der Waals surface area contributed by atoms with Gasteiger partial charge in [-0.05, 0) is 31.2 Å². The van der Waals surface area contributed by atoms with Crippen LogP contribution in [0.3, 0.4) is 0 Å². The molecular weight excluding hydrogens is 202 g/mol. The van der Waals surface area contributed by atoms with Crippen molar-refractivity contribution in [1.29, 1.82) is 0 Å². The van der Waals surface area contributed by atoms with Crippen LogP contribution in [-0.4, -0.2) is 0 Å². The van der Waals surface area contributed by atoms with Crippen LogP contribution in [-0.2, 0) is 0 Å². The molecule has 2 rings (SSSR count). The van der Waals surface area contributed by atoms with E-state index < -0.39 is 0 Å². The van der Waals surface area contributed by atoms with Gasteiger partial charge in [0.05, 0.1) is 5.69 Å². The average Bonchev–Trinajstić information content (AvgIpc) is 2.25. The molecule has 0 radical (unpaired) electrons. The van der Waals surface area contributed by atoms with Crippen LogP contribution in [0, 0.1) is 6.92 Å². The molecule has 15 heavy (non-hydrogen) atoms. The highest BCUT2D eigenvalue weighted by Gasteiger charge is 1.97. The van der Waals surface area contributed by atoms with Crippen LogP contribution in [0.15, 0.2) is 53.4 Å². The monoisotopic (exact) mass is 215 g/mol. The standard InChI is InChI=1S/C13H13NS/c1-10-6-8-11(9-7-10)14-12-4-2-3-5-13(12)15/h2-9,14-15H,1H3. The molecule has 76 valence electrons. The third kappa shape index (κ3) is 2.54. The zero-order valence-corrected chi connectivity index (χ0v) is 9.46. The fraction of sp³-hybridized carbons (Fsp3) is 0.0769. The molecule has 2 aromatic carbocycles. The van der Waals surface area contributed by atoms with E-state index in [2.05, 4.69) is 49.1 Å². The Morgan fingerprint density at radius 2 is 1.60 bits per heavy atom. The minimum Gasteiger partial charge on any atom is -0.355 e. The van der Waals surface area contributed by atoms with Crippen LogP contribution in [0.1, 0.15) is 5.56 Å². The molecule has 2 aromatic rings. The first kappa shape index (κ1) is 10.1. The van der Waals surface area contributed by atoms with Crippen LogP contribution in [0.2, 0.25) is 0 Å². The lowest BCUT2D eigenvalue weighted by atomic mass is 10.2. The van der Waals surface area contributed by atoms with Gasteiger partial charge in [0.2, 0.25) is 0 Å². The van der Waals surface area contributed by atoms with Crippen molar-refractivity contribution in [1.82, 2.24) is 0 Å². The molecule has 2 heteroatoms.